The van der Waals surface area contributed by atoms with E-state index in [1.54, 1.807) is 26.2 Å². The molecule has 0 aliphatic rings. The number of rotatable bonds is 5. The van der Waals surface area contributed by atoms with Gasteiger partial charge in [0.05, 0.1) is 12.0 Å². The molecule has 0 amide bonds. The Morgan fingerprint density at radius 3 is 2.38 bits per heavy atom. The summed E-state index contributed by atoms with van der Waals surface area (Å²) in [6.07, 6.45) is 0.789. The van der Waals surface area contributed by atoms with Gasteiger partial charge < -0.3 is 4.74 Å². The van der Waals surface area contributed by atoms with E-state index in [0.717, 1.165) is 12.0 Å². The maximum Gasteiger partial charge on any atom is 0.134 e. The second kappa shape index (κ2) is 7.01. The Balaban J connectivity index is 2.28. The van der Waals surface area contributed by atoms with Gasteiger partial charge in [0.25, 0.3) is 0 Å². The van der Waals surface area contributed by atoms with E-state index in [4.69, 9.17) is 16.3 Å². The van der Waals surface area contributed by atoms with Crippen molar-refractivity contribution < 1.29 is 13.5 Å². The minimum Gasteiger partial charge on any atom is -0.384 e. The summed E-state index contributed by atoms with van der Waals surface area (Å²) in [4.78, 5) is 0. The topological polar surface area (TPSA) is 9.23 Å². The van der Waals surface area contributed by atoms with Gasteiger partial charge in [-0.25, -0.2) is 8.78 Å². The third kappa shape index (κ3) is 3.60. The van der Waals surface area contributed by atoms with Crippen molar-refractivity contribution in [3.63, 3.8) is 0 Å². The average molecular weight is 311 g/mol. The van der Waals surface area contributed by atoms with E-state index in [-0.39, 0.29) is 5.56 Å². The molecule has 1 atom stereocenters. The summed E-state index contributed by atoms with van der Waals surface area (Å²) in [5.41, 5.74) is 2.05. The predicted molar refractivity (Wildman–Crippen MR) is 80.8 cm³/mol. The normalized spacial score (nSPS) is 12.4. The molecule has 0 radical (unpaired) electrons. The highest BCUT2D eigenvalue weighted by molar-refractivity contribution is 6.22. The summed E-state index contributed by atoms with van der Waals surface area (Å²) in [5, 5.41) is -0.846. The van der Waals surface area contributed by atoms with E-state index in [2.05, 4.69) is 0 Å². The zero-order chi connectivity index (χ0) is 15.4. The fourth-order valence-corrected chi connectivity index (χ4v) is 2.50. The number of halogens is 3. The van der Waals surface area contributed by atoms with Crippen LogP contribution in [0.25, 0.3) is 0 Å². The molecule has 0 bridgehead atoms. The van der Waals surface area contributed by atoms with E-state index < -0.39 is 17.0 Å². The zero-order valence-electron chi connectivity index (χ0n) is 12.0. The molecule has 0 aliphatic carbocycles. The standard InChI is InChI=1S/C17H17ClF2O/c1-11-3-8-14(19)15(17(11)20)16(18)13-6-4-12(5-7-13)9-10-21-2/h3-8,16H,9-10H2,1-2H3. The highest BCUT2D eigenvalue weighted by Gasteiger charge is 2.21. The van der Waals surface area contributed by atoms with Crippen LogP contribution >= 0.6 is 11.6 Å². The maximum atomic E-state index is 14.1. The smallest absolute Gasteiger partial charge is 0.134 e. The molecule has 1 nitrogen and oxygen atoms in total. The molecule has 0 saturated heterocycles. The van der Waals surface area contributed by atoms with Crippen LogP contribution in [0.3, 0.4) is 0 Å². The molecule has 1 unspecified atom stereocenters. The Morgan fingerprint density at radius 2 is 1.76 bits per heavy atom. The molecule has 0 saturated carbocycles. The molecule has 0 aliphatic heterocycles. The van der Waals surface area contributed by atoms with Crippen LogP contribution < -0.4 is 0 Å². The van der Waals surface area contributed by atoms with Gasteiger partial charge in [-0.1, -0.05) is 30.3 Å². The highest BCUT2D eigenvalue weighted by atomic mass is 35.5. The summed E-state index contributed by atoms with van der Waals surface area (Å²) in [7, 11) is 1.65. The van der Waals surface area contributed by atoms with Gasteiger partial charge in [0.15, 0.2) is 0 Å². The van der Waals surface area contributed by atoms with Crippen LogP contribution in [0.5, 0.6) is 0 Å². The van der Waals surface area contributed by atoms with Crippen LogP contribution in [-0.2, 0) is 11.2 Å². The Hall–Kier alpha value is -1.45. The molecular weight excluding hydrogens is 294 g/mol. The van der Waals surface area contributed by atoms with Crippen molar-refractivity contribution in [1.29, 1.82) is 0 Å². The van der Waals surface area contributed by atoms with Gasteiger partial charge in [0, 0.05) is 12.7 Å². The van der Waals surface area contributed by atoms with Crippen molar-refractivity contribution >= 4 is 11.6 Å². The van der Waals surface area contributed by atoms with Crippen LogP contribution in [0.1, 0.15) is 27.6 Å². The van der Waals surface area contributed by atoms with Gasteiger partial charge in [-0.3, -0.25) is 0 Å². The number of alkyl halides is 1. The summed E-state index contributed by atoms with van der Waals surface area (Å²) < 4.78 is 33.0. The van der Waals surface area contributed by atoms with Crippen LogP contribution in [0.2, 0.25) is 0 Å². The number of hydrogen-bond acceptors (Lipinski definition) is 1. The lowest BCUT2D eigenvalue weighted by atomic mass is 9.99. The fraction of sp³-hybridized carbons (Fsp3) is 0.294. The van der Waals surface area contributed by atoms with Crippen molar-refractivity contribution in [3.05, 3.63) is 70.3 Å². The van der Waals surface area contributed by atoms with Crippen LogP contribution in [-0.4, -0.2) is 13.7 Å². The van der Waals surface area contributed by atoms with E-state index >= 15 is 0 Å². The second-order valence-electron chi connectivity index (χ2n) is 4.94. The fourth-order valence-electron chi connectivity index (χ4n) is 2.15. The Labute approximate surface area is 128 Å². The maximum absolute atomic E-state index is 14.1. The molecule has 0 aromatic heterocycles. The molecule has 2 aromatic rings. The summed E-state index contributed by atoms with van der Waals surface area (Å²) >= 11 is 6.27. The monoisotopic (exact) mass is 310 g/mol. The van der Waals surface area contributed by atoms with Crippen molar-refractivity contribution in [1.82, 2.24) is 0 Å². The largest absolute Gasteiger partial charge is 0.384 e. The summed E-state index contributed by atoms with van der Waals surface area (Å²) in [5.74, 6) is -1.21. The van der Waals surface area contributed by atoms with Gasteiger partial charge in [-0.05, 0) is 36.1 Å². The third-order valence-corrected chi connectivity index (χ3v) is 3.91. The van der Waals surface area contributed by atoms with E-state index in [1.165, 1.54) is 12.1 Å². The van der Waals surface area contributed by atoms with Crippen LogP contribution in [0, 0.1) is 18.6 Å². The number of methoxy groups -OCH3 is 1. The Kier molecular flexibility index (Phi) is 5.32. The van der Waals surface area contributed by atoms with Gasteiger partial charge in [0.1, 0.15) is 11.6 Å². The van der Waals surface area contributed by atoms with E-state index in [9.17, 15) is 8.78 Å². The lowest BCUT2D eigenvalue weighted by Gasteiger charge is -2.14. The lowest BCUT2D eigenvalue weighted by molar-refractivity contribution is 0.202. The van der Waals surface area contributed by atoms with E-state index in [1.807, 2.05) is 12.1 Å². The highest BCUT2D eigenvalue weighted by Crippen LogP contribution is 2.33. The lowest BCUT2D eigenvalue weighted by Crippen LogP contribution is -2.03. The van der Waals surface area contributed by atoms with Crippen LogP contribution in [0.15, 0.2) is 36.4 Å². The molecule has 0 fully saturated rings. The predicted octanol–water partition coefficient (Wildman–Crippen LogP) is 4.79. The second-order valence-corrected chi connectivity index (χ2v) is 5.38. The molecule has 112 valence electrons. The van der Waals surface area contributed by atoms with E-state index in [0.29, 0.717) is 17.7 Å². The summed E-state index contributed by atoms with van der Waals surface area (Å²) in [6, 6.07) is 10.0. The van der Waals surface area contributed by atoms with Crippen LogP contribution in [0.4, 0.5) is 8.78 Å². The van der Waals surface area contributed by atoms with Crippen molar-refractivity contribution in [2.45, 2.75) is 18.7 Å². The molecule has 0 spiro atoms. The Morgan fingerprint density at radius 1 is 1.10 bits per heavy atom. The van der Waals surface area contributed by atoms with Gasteiger partial charge in [0.2, 0.25) is 0 Å². The first kappa shape index (κ1) is 15.9. The quantitative estimate of drug-likeness (QED) is 0.721. The van der Waals surface area contributed by atoms with Crippen molar-refractivity contribution in [3.8, 4) is 0 Å². The molecule has 4 heteroatoms. The van der Waals surface area contributed by atoms with Gasteiger partial charge >= 0.3 is 0 Å². The molecule has 0 heterocycles. The van der Waals surface area contributed by atoms with Gasteiger partial charge in [-0.15, -0.1) is 11.6 Å². The number of benzene rings is 2. The number of hydrogen-bond donors (Lipinski definition) is 0. The third-order valence-electron chi connectivity index (χ3n) is 3.44. The zero-order valence-corrected chi connectivity index (χ0v) is 12.8. The molecule has 0 N–H and O–H groups in total. The number of aryl methyl sites for hydroxylation is 1. The average Bonchev–Trinajstić information content (AvgIpc) is 2.49. The van der Waals surface area contributed by atoms with Crippen molar-refractivity contribution in [2.24, 2.45) is 0 Å². The minimum absolute atomic E-state index is 0.0960. The number of ether oxygens (including phenoxy) is 1. The van der Waals surface area contributed by atoms with Crippen molar-refractivity contribution in [2.75, 3.05) is 13.7 Å². The first-order valence-electron chi connectivity index (χ1n) is 6.71. The minimum atomic E-state index is -0.846. The van der Waals surface area contributed by atoms with Gasteiger partial charge in [-0.2, -0.15) is 0 Å². The molecule has 21 heavy (non-hydrogen) atoms. The molecular formula is C17H17ClF2O. The SMILES string of the molecule is COCCc1ccc(C(Cl)c2c(F)ccc(C)c2F)cc1. The first-order valence-corrected chi connectivity index (χ1v) is 7.14. The molecule has 2 rings (SSSR count). The summed E-state index contributed by atoms with van der Waals surface area (Å²) in [6.45, 7) is 2.22. The Bertz CT molecular complexity index is 611. The molecule has 2 aromatic carbocycles. The first-order chi connectivity index (χ1) is 10.0.